The molecule has 0 spiro atoms. The van der Waals surface area contributed by atoms with E-state index in [4.69, 9.17) is 23.2 Å². The lowest BCUT2D eigenvalue weighted by atomic mass is 10.1. The second-order valence-corrected chi connectivity index (χ2v) is 11.6. The number of aryl methyl sites for hydroxylation is 2. The summed E-state index contributed by atoms with van der Waals surface area (Å²) in [6.07, 6.45) is 0.321. The Bertz CT molecular complexity index is 1390. The zero-order valence-electron chi connectivity index (χ0n) is 21.7. The maximum Gasteiger partial charge on any atom is 0.264 e. The van der Waals surface area contributed by atoms with Crippen molar-refractivity contribution >= 4 is 50.7 Å². The molecular formula is C28H31Cl2N3O4S. The number of likely N-dealkylation sites (N-methyl/N-ethyl adjacent to an activating group) is 1. The van der Waals surface area contributed by atoms with Crippen molar-refractivity contribution in [2.75, 3.05) is 17.9 Å². The quantitative estimate of drug-likeness (QED) is 0.352. The van der Waals surface area contributed by atoms with Crippen LogP contribution in [-0.4, -0.2) is 44.8 Å². The van der Waals surface area contributed by atoms with Crippen molar-refractivity contribution in [2.45, 2.75) is 44.7 Å². The minimum Gasteiger partial charge on any atom is -0.357 e. The van der Waals surface area contributed by atoms with Gasteiger partial charge in [0, 0.05) is 13.6 Å². The Balaban J connectivity index is 2.06. The van der Waals surface area contributed by atoms with Gasteiger partial charge >= 0.3 is 0 Å². The lowest BCUT2D eigenvalue weighted by Crippen LogP contribution is -2.51. The number of nitrogens with one attached hydrogen (secondary N) is 1. The van der Waals surface area contributed by atoms with Gasteiger partial charge in [0.2, 0.25) is 11.8 Å². The molecule has 202 valence electrons. The normalized spacial score (nSPS) is 12.1. The van der Waals surface area contributed by atoms with Crippen molar-refractivity contribution in [2.24, 2.45) is 0 Å². The highest BCUT2D eigenvalue weighted by Gasteiger charge is 2.33. The zero-order valence-corrected chi connectivity index (χ0v) is 24.1. The van der Waals surface area contributed by atoms with Gasteiger partial charge in [0.25, 0.3) is 10.0 Å². The van der Waals surface area contributed by atoms with Crippen LogP contribution in [-0.2, 0) is 26.2 Å². The second-order valence-electron chi connectivity index (χ2n) is 8.97. The van der Waals surface area contributed by atoms with Crippen molar-refractivity contribution in [1.29, 1.82) is 0 Å². The number of benzene rings is 3. The molecule has 0 bridgehead atoms. The van der Waals surface area contributed by atoms with E-state index in [-0.39, 0.29) is 17.3 Å². The predicted octanol–water partition coefficient (Wildman–Crippen LogP) is 5.36. The van der Waals surface area contributed by atoms with Crippen molar-refractivity contribution in [3.63, 3.8) is 0 Å². The molecule has 2 amide bonds. The standard InChI is InChI=1S/C28H31Cl2N3O4S/c1-5-26(28(35)31-4)32(17-21-10-15-24(29)25(30)16-21)27(34)18-33(22-11-6-19(2)7-12-22)38(36,37)23-13-8-20(3)9-14-23/h6-16,26H,5,17-18H2,1-4H3,(H,31,35)/t26-/m0/s1. The first-order chi connectivity index (χ1) is 18.0. The largest absolute Gasteiger partial charge is 0.357 e. The van der Waals surface area contributed by atoms with Crippen LogP contribution in [0, 0.1) is 13.8 Å². The third-order valence-corrected chi connectivity index (χ3v) is 8.71. The maximum atomic E-state index is 13.9. The molecule has 0 aromatic heterocycles. The smallest absolute Gasteiger partial charge is 0.264 e. The number of hydrogen-bond acceptors (Lipinski definition) is 4. The lowest BCUT2D eigenvalue weighted by Gasteiger charge is -2.33. The van der Waals surface area contributed by atoms with E-state index in [0.29, 0.717) is 27.7 Å². The van der Waals surface area contributed by atoms with Gasteiger partial charge in [-0.3, -0.25) is 13.9 Å². The zero-order chi connectivity index (χ0) is 28.0. The van der Waals surface area contributed by atoms with Gasteiger partial charge in [-0.05, 0) is 62.2 Å². The van der Waals surface area contributed by atoms with Crippen LogP contribution in [0.15, 0.2) is 71.6 Å². The molecule has 0 saturated heterocycles. The molecular weight excluding hydrogens is 545 g/mol. The molecule has 3 aromatic rings. The molecule has 1 N–H and O–H groups in total. The number of rotatable bonds is 10. The molecule has 10 heteroatoms. The van der Waals surface area contributed by atoms with Crippen molar-refractivity contribution < 1.29 is 18.0 Å². The molecule has 3 aromatic carbocycles. The first-order valence-electron chi connectivity index (χ1n) is 12.1. The maximum absolute atomic E-state index is 13.9. The van der Waals surface area contributed by atoms with E-state index in [1.54, 1.807) is 61.5 Å². The highest BCUT2D eigenvalue weighted by atomic mass is 35.5. The Morgan fingerprint density at radius 3 is 2.00 bits per heavy atom. The fourth-order valence-corrected chi connectivity index (χ4v) is 5.73. The van der Waals surface area contributed by atoms with Crippen LogP contribution in [0.25, 0.3) is 0 Å². The minimum atomic E-state index is -4.11. The summed E-state index contributed by atoms with van der Waals surface area (Å²) in [4.78, 5) is 28.1. The summed E-state index contributed by atoms with van der Waals surface area (Å²) in [7, 11) is -2.62. The van der Waals surface area contributed by atoms with Crippen LogP contribution in [0.5, 0.6) is 0 Å². The SMILES string of the molecule is CC[C@@H](C(=O)NC)N(Cc1ccc(Cl)c(Cl)c1)C(=O)CN(c1ccc(C)cc1)S(=O)(=O)c1ccc(C)cc1. The van der Waals surface area contributed by atoms with Crippen LogP contribution in [0.1, 0.15) is 30.0 Å². The summed E-state index contributed by atoms with van der Waals surface area (Å²) in [5.74, 6) is -0.896. The van der Waals surface area contributed by atoms with Crippen LogP contribution in [0.4, 0.5) is 5.69 Å². The first-order valence-corrected chi connectivity index (χ1v) is 14.3. The number of nitrogens with zero attached hydrogens (tertiary/aromatic N) is 2. The highest BCUT2D eigenvalue weighted by molar-refractivity contribution is 7.92. The Morgan fingerprint density at radius 2 is 1.47 bits per heavy atom. The van der Waals surface area contributed by atoms with Gasteiger partial charge in [0.15, 0.2) is 0 Å². The molecule has 0 fully saturated rings. The Morgan fingerprint density at radius 1 is 0.895 bits per heavy atom. The molecule has 0 unspecified atom stereocenters. The molecule has 38 heavy (non-hydrogen) atoms. The molecule has 0 aliphatic heterocycles. The molecule has 1 atom stereocenters. The third-order valence-electron chi connectivity index (χ3n) is 6.18. The number of hydrogen-bond donors (Lipinski definition) is 1. The highest BCUT2D eigenvalue weighted by Crippen LogP contribution is 2.27. The summed E-state index contributed by atoms with van der Waals surface area (Å²) in [5.41, 5.74) is 2.84. The number of carbonyl (C=O) groups excluding carboxylic acids is 2. The summed E-state index contributed by atoms with van der Waals surface area (Å²) in [6, 6.07) is 17.5. The van der Waals surface area contributed by atoms with Gasteiger partial charge in [-0.25, -0.2) is 8.42 Å². The Labute approximate surface area is 234 Å². The molecule has 3 rings (SSSR count). The van der Waals surface area contributed by atoms with Crippen molar-refractivity contribution in [1.82, 2.24) is 10.2 Å². The summed E-state index contributed by atoms with van der Waals surface area (Å²) in [6.45, 7) is 5.07. The van der Waals surface area contributed by atoms with Gasteiger partial charge in [-0.2, -0.15) is 0 Å². The molecule has 0 heterocycles. The molecule has 0 saturated carbocycles. The minimum absolute atomic E-state index is 0.0357. The predicted molar refractivity (Wildman–Crippen MR) is 152 cm³/mol. The average molecular weight is 577 g/mol. The van der Waals surface area contributed by atoms with Crippen LogP contribution >= 0.6 is 23.2 Å². The van der Waals surface area contributed by atoms with E-state index in [9.17, 15) is 18.0 Å². The topological polar surface area (TPSA) is 86.8 Å². The number of halogens is 2. The number of carbonyl (C=O) groups is 2. The number of sulfonamides is 1. The lowest BCUT2D eigenvalue weighted by molar-refractivity contribution is -0.140. The number of amides is 2. The van der Waals surface area contributed by atoms with E-state index in [0.717, 1.165) is 15.4 Å². The van der Waals surface area contributed by atoms with E-state index in [1.807, 2.05) is 13.8 Å². The van der Waals surface area contributed by atoms with Gasteiger partial charge < -0.3 is 10.2 Å². The number of anilines is 1. The van der Waals surface area contributed by atoms with Crippen LogP contribution < -0.4 is 9.62 Å². The molecule has 7 nitrogen and oxygen atoms in total. The van der Waals surface area contributed by atoms with E-state index in [2.05, 4.69) is 5.32 Å². The van der Waals surface area contributed by atoms with Crippen LogP contribution in [0.2, 0.25) is 10.0 Å². The van der Waals surface area contributed by atoms with E-state index >= 15 is 0 Å². The van der Waals surface area contributed by atoms with Gasteiger partial charge in [-0.1, -0.05) is 71.6 Å². The van der Waals surface area contributed by atoms with E-state index < -0.39 is 28.5 Å². The molecule has 0 aliphatic rings. The Kier molecular flexibility index (Phi) is 9.82. The average Bonchev–Trinajstić information content (AvgIpc) is 2.89. The summed E-state index contributed by atoms with van der Waals surface area (Å²) in [5, 5.41) is 3.27. The van der Waals surface area contributed by atoms with Gasteiger partial charge in [-0.15, -0.1) is 0 Å². The summed E-state index contributed by atoms with van der Waals surface area (Å²) >= 11 is 12.3. The third kappa shape index (κ3) is 6.87. The van der Waals surface area contributed by atoms with Gasteiger partial charge in [0.05, 0.1) is 20.6 Å². The van der Waals surface area contributed by atoms with Crippen molar-refractivity contribution in [3.8, 4) is 0 Å². The van der Waals surface area contributed by atoms with E-state index in [1.165, 1.54) is 24.1 Å². The fourth-order valence-electron chi connectivity index (χ4n) is 4.00. The second kappa shape index (κ2) is 12.7. The monoisotopic (exact) mass is 575 g/mol. The molecule has 0 radical (unpaired) electrons. The van der Waals surface area contributed by atoms with Crippen molar-refractivity contribution in [3.05, 3.63) is 93.5 Å². The van der Waals surface area contributed by atoms with Crippen LogP contribution in [0.3, 0.4) is 0 Å². The first kappa shape index (κ1) is 29.5. The fraction of sp³-hybridized carbons (Fsp3) is 0.286. The van der Waals surface area contributed by atoms with Gasteiger partial charge in [0.1, 0.15) is 12.6 Å². The Hall–Kier alpha value is -3.07. The summed E-state index contributed by atoms with van der Waals surface area (Å²) < 4.78 is 28.7. The molecule has 0 aliphatic carbocycles.